The number of nitrogens with zero attached hydrogens (tertiary/aromatic N) is 5. The highest BCUT2D eigenvalue weighted by Crippen LogP contribution is 2.25. The van der Waals surface area contributed by atoms with E-state index in [0.29, 0.717) is 21.9 Å². The number of amides is 1. The van der Waals surface area contributed by atoms with Crippen LogP contribution in [0.5, 0.6) is 11.5 Å². The number of anilines is 1. The monoisotopic (exact) mass is 422 g/mol. The number of thioether (sulfide) groups is 1. The molecular weight excluding hydrogens is 404 g/mol. The van der Waals surface area contributed by atoms with Crippen molar-refractivity contribution in [3.8, 4) is 17.2 Å². The van der Waals surface area contributed by atoms with Gasteiger partial charge >= 0.3 is 0 Å². The van der Waals surface area contributed by atoms with Crippen LogP contribution in [0.2, 0.25) is 0 Å². The van der Waals surface area contributed by atoms with Crippen molar-refractivity contribution >= 4 is 34.5 Å². The number of rotatable bonds is 7. The van der Waals surface area contributed by atoms with Gasteiger partial charge in [0.1, 0.15) is 22.9 Å². The molecule has 2 aromatic carbocycles. The van der Waals surface area contributed by atoms with Crippen molar-refractivity contribution in [1.29, 1.82) is 0 Å². The lowest BCUT2D eigenvalue weighted by atomic mass is 10.3. The standard InChI is InChI=1S/C20H18N6O3S/c1-28-15-7-3-13(4-8-15)23-17(27)11-30-20-18-19(21-12-22-20)26(25-24-18)14-5-9-16(29-2)10-6-14/h3-10,12H,11H2,1-2H3,(H,23,27). The van der Waals surface area contributed by atoms with E-state index in [1.54, 1.807) is 43.2 Å². The Hall–Kier alpha value is -3.66. The summed E-state index contributed by atoms with van der Waals surface area (Å²) < 4.78 is 11.9. The summed E-state index contributed by atoms with van der Waals surface area (Å²) in [6, 6.07) is 14.5. The molecule has 4 aromatic rings. The summed E-state index contributed by atoms with van der Waals surface area (Å²) in [6.07, 6.45) is 1.44. The van der Waals surface area contributed by atoms with E-state index in [0.717, 1.165) is 17.2 Å². The summed E-state index contributed by atoms with van der Waals surface area (Å²) >= 11 is 1.28. The van der Waals surface area contributed by atoms with Crippen molar-refractivity contribution in [2.75, 3.05) is 25.3 Å². The van der Waals surface area contributed by atoms with E-state index in [2.05, 4.69) is 25.6 Å². The Labute approximate surface area is 176 Å². The van der Waals surface area contributed by atoms with Crippen LogP contribution in [-0.2, 0) is 4.79 Å². The lowest BCUT2D eigenvalue weighted by Crippen LogP contribution is -2.14. The number of methoxy groups -OCH3 is 2. The van der Waals surface area contributed by atoms with Crippen LogP contribution in [0.25, 0.3) is 16.9 Å². The van der Waals surface area contributed by atoms with Gasteiger partial charge in [0.15, 0.2) is 11.2 Å². The summed E-state index contributed by atoms with van der Waals surface area (Å²) in [5, 5.41) is 11.8. The Bertz CT molecular complexity index is 1160. The van der Waals surface area contributed by atoms with E-state index in [1.165, 1.54) is 18.1 Å². The molecule has 30 heavy (non-hydrogen) atoms. The molecular formula is C20H18N6O3S. The van der Waals surface area contributed by atoms with Gasteiger partial charge in [-0.25, -0.2) is 9.97 Å². The van der Waals surface area contributed by atoms with Crippen LogP contribution in [0.4, 0.5) is 5.69 Å². The van der Waals surface area contributed by atoms with Crippen LogP contribution in [0.3, 0.4) is 0 Å². The lowest BCUT2D eigenvalue weighted by molar-refractivity contribution is -0.113. The third kappa shape index (κ3) is 4.18. The maximum atomic E-state index is 12.3. The van der Waals surface area contributed by atoms with Gasteiger partial charge in [0, 0.05) is 5.69 Å². The van der Waals surface area contributed by atoms with E-state index in [-0.39, 0.29) is 11.7 Å². The summed E-state index contributed by atoms with van der Waals surface area (Å²) in [4.78, 5) is 20.9. The Morgan fingerprint density at radius 2 is 1.67 bits per heavy atom. The first-order valence-corrected chi connectivity index (χ1v) is 9.94. The Morgan fingerprint density at radius 1 is 1.00 bits per heavy atom. The maximum Gasteiger partial charge on any atom is 0.234 e. The van der Waals surface area contributed by atoms with Gasteiger partial charge in [-0.3, -0.25) is 4.79 Å². The van der Waals surface area contributed by atoms with Crippen LogP contribution in [0, 0.1) is 0 Å². The molecule has 152 valence electrons. The van der Waals surface area contributed by atoms with Gasteiger partial charge in [0.25, 0.3) is 0 Å². The molecule has 2 heterocycles. The fourth-order valence-electron chi connectivity index (χ4n) is 2.74. The van der Waals surface area contributed by atoms with E-state index in [4.69, 9.17) is 9.47 Å². The topological polar surface area (TPSA) is 104 Å². The summed E-state index contributed by atoms with van der Waals surface area (Å²) in [7, 11) is 3.21. The van der Waals surface area contributed by atoms with E-state index in [9.17, 15) is 4.79 Å². The Morgan fingerprint density at radius 3 is 2.33 bits per heavy atom. The number of hydrogen-bond acceptors (Lipinski definition) is 8. The van der Waals surface area contributed by atoms with Gasteiger partial charge in [0.2, 0.25) is 5.91 Å². The van der Waals surface area contributed by atoms with E-state index < -0.39 is 0 Å². The molecule has 9 nitrogen and oxygen atoms in total. The number of hydrogen-bond donors (Lipinski definition) is 1. The second-order valence-corrected chi connectivity index (χ2v) is 7.08. The zero-order chi connectivity index (χ0) is 20.9. The molecule has 0 unspecified atom stereocenters. The zero-order valence-corrected chi connectivity index (χ0v) is 17.1. The van der Waals surface area contributed by atoms with Crippen molar-refractivity contribution in [3.63, 3.8) is 0 Å². The molecule has 0 spiro atoms. The molecule has 0 bridgehead atoms. The third-order valence-corrected chi connectivity index (χ3v) is 5.21. The molecule has 0 radical (unpaired) electrons. The van der Waals surface area contributed by atoms with Gasteiger partial charge < -0.3 is 14.8 Å². The quantitative estimate of drug-likeness (QED) is 0.358. The Balaban J connectivity index is 1.47. The van der Waals surface area contributed by atoms with Crippen molar-refractivity contribution in [2.24, 2.45) is 0 Å². The first-order chi connectivity index (χ1) is 14.7. The number of aromatic nitrogens is 5. The third-order valence-electron chi connectivity index (χ3n) is 4.23. The van der Waals surface area contributed by atoms with Crippen LogP contribution >= 0.6 is 11.8 Å². The number of fused-ring (bicyclic) bond motifs is 1. The lowest BCUT2D eigenvalue weighted by Gasteiger charge is -2.06. The average molecular weight is 422 g/mol. The largest absolute Gasteiger partial charge is 0.497 e. The molecule has 0 fully saturated rings. The number of ether oxygens (including phenoxy) is 2. The summed E-state index contributed by atoms with van der Waals surface area (Å²) in [5.41, 5.74) is 2.59. The number of nitrogens with one attached hydrogen (secondary N) is 1. The van der Waals surface area contributed by atoms with Crippen LogP contribution in [0.1, 0.15) is 0 Å². The molecule has 4 rings (SSSR count). The summed E-state index contributed by atoms with van der Waals surface area (Å²) in [6.45, 7) is 0. The number of carbonyl (C=O) groups excluding carboxylic acids is 1. The molecule has 0 aliphatic carbocycles. The van der Waals surface area contributed by atoms with Crippen LogP contribution < -0.4 is 14.8 Å². The van der Waals surface area contributed by atoms with Gasteiger partial charge in [-0.1, -0.05) is 17.0 Å². The van der Waals surface area contributed by atoms with Crippen molar-refractivity contribution < 1.29 is 14.3 Å². The SMILES string of the molecule is COc1ccc(NC(=O)CSc2ncnc3c2nnn3-c2ccc(OC)cc2)cc1. The number of benzene rings is 2. The minimum Gasteiger partial charge on any atom is -0.497 e. The van der Waals surface area contributed by atoms with Gasteiger partial charge in [-0.2, -0.15) is 4.68 Å². The fraction of sp³-hybridized carbons (Fsp3) is 0.150. The molecule has 1 amide bonds. The second-order valence-electron chi connectivity index (χ2n) is 6.12. The molecule has 10 heteroatoms. The fourth-order valence-corrected chi connectivity index (χ4v) is 3.47. The molecule has 0 aliphatic heterocycles. The van der Waals surface area contributed by atoms with Crippen molar-refractivity contribution in [1.82, 2.24) is 25.0 Å². The minimum absolute atomic E-state index is 0.153. The predicted molar refractivity (Wildman–Crippen MR) is 113 cm³/mol. The first kappa shape index (κ1) is 19.6. The highest BCUT2D eigenvalue weighted by Gasteiger charge is 2.15. The molecule has 1 N–H and O–H groups in total. The average Bonchev–Trinajstić information content (AvgIpc) is 3.23. The second kappa shape index (κ2) is 8.78. The summed E-state index contributed by atoms with van der Waals surface area (Å²) in [5.74, 6) is 1.50. The van der Waals surface area contributed by atoms with Crippen molar-refractivity contribution in [3.05, 3.63) is 54.9 Å². The molecule has 0 aliphatic rings. The maximum absolute atomic E-state index is 12.3. The van der Waals surface area contributed by atoms with E-state index in [1.807, 2.05) is 24.3 Å². The minimum atomic E-state index is -0.153. The molecule has 2 aromatic heterocycles. The normalized spacial score (nSPS) is 10.7. The smallest absolute Gasteiger partial charge is 0.234 e. The van der Waals surface area contributed by atoms with Gasteiger partial charge in [-0.15, -0.1) is 5.10 Å². The van der Waals surface area contributed by atoms with E-state index >= 15 is 0 Å². The van der Waals surface area contributed by atoms with Crippen molar-refractivity contribution in [2.45, 2.75) is 5.03 Å². The first-order valence-electron chi connectivity index (χ1n) is 8.95. The van der Waals surface area contributed by atoms with Gasteiger partial charge in [-0.05, 0) is 48.5 Å². The highest BCUT2D eigenvalue weighted by molar-refractivity contribution is 8.00. The predicted octanol–water partition coefficient (Wildman–Crippen LogP) is 2.96. The Kier molecular flexibility index (Phi) is 5.75. The van der Waals surface area contributed by atoms with Gasteiger partial charge in [0.05, 0.1) is 25.7 Å². The molecule has 0 atom stereocenters. The van der Waals surface area contributed by atoms with Crippen LogP contribution in [0.15, 0.2) is 59.9 Å². The molecule has 0 saturated heterocycles. The molecule has 0 saturated carbocycles. The highest BCUT2D eigenvalue weighted by atomic mass is 32.2. The van der Waals surface area contributed by atoms with Crippen LogP contribution in [-0.4, -0.2) is 50.8 Å². The zero-order valence-electron chi connectivity index (χ0n) is 16.3. The number of carbonyl (C=O) groups is 1.